The number of hydrogen-bond acceptors (Lipinski definition) is 5. The van der Waals surface area contributed by atoms with Crippen LogP contribution in [0.25, 0.3) is 11.6 Å². The molecule has 0 N–H and O–H groups in total. The van der Waals surface area contributed by atoms with Gasteiger partial charge in [-0.2, -0.15) is 5.26 Å². The molecule has 0 bridgehead atoms. The Morgan fingerprint density at radius 3 is 1.97 bits per heavy atom. The van der Waals surface area contributed by atoms with E-state index in [1.54, 1.807) is 7.11 Å². The smallest absolute Gasteiger partial charge is 0.162 e. The molecule has 0 spiro atoms. The Morgan fingerprint density at radius 1 is 0.763 bits per heavy atom. The van der Waals surface area contributed by atoms with E-state index in [1.807, 2.05) is 70.2 Å². The largest absolute Gasteiger partial charge is 0.493 e. The predicted octanol–water partition coefficient (Wildman–Crippen LogP) is 9.24. The molecule has 2 aromatic carbocycles. The first-order chi connectivity index (χ1) is 18.4. The summed E-state index contributed by atoms with van der Waals surface area (Å²) >= 11 is 0. The summed E-state index contributed by atoms with van der Waals surface area (Å²) in [5.41, 5.74) is 2.16. The number of hydrogen-bond donors (Lipinski definition) is 0. The van der Waals surface area contributed by atoms with Crippen molar-refractivity contribution in [3.8, 4) is 29.1 Å². The van der Waals surface area contributed by atoms with Crippen LogP contribution < -0.4 is 18.9 Å². The van der Waals surface area contributed by atoms with Gasteiger partial charge in [0.05, 0.1) is 37.6 Å². The molecule has 0 aliphatic carbocycles. The zero-order chi connectivity index (χ0) is 27.8. The van der Waals surface area contributed by atoms with Gasteiger partial charge in [0.2, 0.25) is 0 Å². The third kappa shape index (κ3) is 11.1. The van der Waals surface area contributed by atoms with Crippen LogP contribution in [0, 0.1) is 11.3 Å². The zero-order valence-electron chi connectivity index (χ0n) is 24.3. The first-order valence-corrected chi connectivity index (χ1v) is 14.3. The van der Waals surface area contributed by atoms with Crippen LogP contribution in [0.3, 0.4) is 0 Å². The van der Waals surface area contributed by atoms with Gasteiger partial charge in [-0.05, 0) is 81.7 Å². The van der Waals surface area contributed by atoms with Crippen molar-refractivity contribution in [2.45, 2.75) is 105 Å². The van der Waals surface area contributed by atoms with Crippen molar-refractivity contribution in [2.75, 3.05) is 13.7 Å². The summed E-state index contributed by atoms with van der Waals surface area (Å²) in [6.45, 7) is 10.8. The molecule has 0 saturated heterocycles. The Balaban J connectivity index is 2.03. The summed E-state index contributed by atoms with van der Waals surface area (Å²) in [5, 5.41) is 9.92. The third-order valence-corrected chi connectivity index (χ3v) is 6.10. The number of nitriles is 1. The Labute approximate surface area is 230 Å². The van der Waals surface area contributed by atoms with Gasteiger partial charge >= 0.3 is 0 Å². The average molecular weight is 522 g/mol. The molecule has 0 heterocycles. The maximum absolute atomic E-state index is 9.92. The van der Waals surface area contributed by atoms with Crippen molar-refractivity contribution >= 4 is 11.6 Å². The van der Waals surface area contributed by atoms with Crippen molar-refractivity contribution in [1.82, 2.24) is 0 Å². The lowest BCUT2D eigenvalue weighted by Gasteiger charge is -2.18. The molecule has 38 heavy (non-hydrogen) atoms. The van der Waals surface area contributed by atoms with Crippen molar-refractivity contribution in [2.24, 2.45) is 0 Å². The summed E-state index contributed by atoms with van der Waals surface area (Å²) in [6.07, 6.45) is 13.4. The standard InChI is InChI=1S/C33H47NO4/c1-7-8-9-10-11-12-13-14-15-20-36-30-18-16-27(22-32(30)35-6)21-29(24-34)28-17-19-31(37-25(2)3)33(23-28)38-26(4)5/h16-19,21-23,25-26H,7-15,20H2,1-6H3. The van der Waals surface area contributed by atoms with Gasteiger partial charge in [-0.25, -0.2) is 0 Å². The minimum atomic E-state index is -0.0124. The zero-order valence-corrected chi connectivity index (χ0v) is 24.3. The highest BCUT2D eigenvalue weighted by atomic mass is 16.5. The molecular weight excluding hydrogens is 474 g/mol. The summed E-state index contributed by atoms with van der Waals surface area (Å²) in [5.74, 6) is 2.69. The van der Waals surface area contributed by atoms with E-state index in [0.717, 1.165) is 23.3 Å². The number of ether oxygens (including phenoxy) is 4. The highest BCUT2D eigenvalue weighted by Gasteiger charge is 2.13. The highest BCUT2D eigenvalue weighted by Crippen LogP contribution is 2.34. The minimum absolute atomic E-state index is 0.0124. The van der Waals surface area contributed by atoms with Crippen LogP contribution in [0.2, 0.25) is 0 Å². The summed E-state index contributed by atoms with van der Waals surface area (Å²) < 4.78 is 23.5. The number of nitrogens with zero attached hydrogens (tertiary/aromatic N) is 1. The van der Waals surface area contributed by atoms with Gasteiger partial charge in [0.1, 0.15) is 0 Å². The maximum Gasteiger partial charge on any atom is 0.162 e. The quantitative estimate of drug-likeness (QED) is 0.111. The first kappa shape index (κ1) is 31.1. The highest BCUT2D eigenvalue weighted by molar-refractivity contribution is 5.90. The van der Waals surface area contributed by atoms with E-state index in [9.17, 15) is 5.26 Å². The van der Waals surface area contributed by atoms with Gasteiger partial charge in [-0.1, -0.05) is 64.4 Å². The van der Waals surface area contributed by atoms with Crippen molar-refractivity contribution < 1.29 is 18.9 Å². The molecule has 0 unspecified atom stereocenters. The van der Waals surface area contributed by atoms with Gasteiger partial charge in [0, 0.05) is 0 Å². The number of methoxy groups -OCH3 is 1. The molecule has 2 rings (SSSR count). The third-order valence-electron chi connectivity index (χ3n) is 6.10. The Bertz CT molecular complexity index is 1040. The number of benzene rings is 2. The second-order valence-electron chi connectivity index (χ2n) is 10.3. The summed E-state index contributed by atoms with van der Waals surface area (Å²) in [6, 6.07) is 13.7. The number of unbranched alkanes of at least 4 members (excludes halogenated alkanes) is 8. The van der Waals surface area contributed by atoms with Crippen LogP contribution in [0.4, 0.5) is 0 Å². The van der Waals surface area contributed by atoms with Crippen LogP contribution >= 0.6 is 0 Å². The van der Waals surface area contributed by atoms with Crippen LogP contribution in [0.15, 0.2) is 36.4 Å². The second-order valence-corrected chi connectivity index (χ2v) is 10.3. The van der Waals surface area contributed by atoms with Gasteiger partial charge in [0.25, 0.3) is 0 Å². The van der Waals surface area contributed by atoms with Crippen molar-refractivity contribution in [3.63, 3.8) is 0 Å². The van der Waals surface area contributed by atoms with Crippen LogP contribution in [0.1, 0.15) is 104 Å². The molecule has 208 valence electrons. The molecule has 0 radical (unpaired) electrons. The molecular formula is C33H47NO4. The summed E-state index contributed by atoms with van der Waals surface area (Å²) in [4.78, 5) is 0. The number of rotatable bonds is 18. The van der Waals surface area contributed by atoms with E-state index >= 15 is 0 Å². The molecule has 0 fully saturated rings. The maximum atomic E-state index is 9.92. The lowest BCUT2D eigenvalue weighted by Crippen LogP contribution is -2.11. The lowest BCUT2D eigenvalue weighted by molar-refractivity contribution is 0.199. The molecule has 0 aliphatic rings. The fraction of sp³-hybridized carbons (Fsp3) is 0.545. The molecule has 0 amide bonds. The Morgan fingerprint density at radius 2 is 1.37 bits per heavy atom. The van der Waals surface area contributed by atoms with Gasteiger partial charge < -0.3 is 18.9 Å². The molecule has 0 saturated carbocycles. The monoisotopic (exact) mass is 521 g/mol. The van der Waals surface area contributed by atoms with E-state index in [-0.39, 0.29) is 12.2 Å². The van der Waals surface area contributed by atoms with Gasteiger partial charge in [0.15, 0.2) is 23.0 Å². The van der Waals surface area contributed by atoms with Crippen molar-refractivity contribution in [1.29, 1.82) is 5.26 Å². The van der Waals surface area contributed by atoms with E-state index in [1.165, 1.54) is 51.4 Å². The van der Waals surface area contributed by atoms with E-state index in [2.05, 4.69) is 13.0 Å². The average Bonchev–Trinajstić information content (AvgIpc) is 2.89. The Kier molecular flexibility index (Phi) is 14.2. The first-order valence-electron chi connectivity index (χ1n) is 14.3. The predicted molar refractivity (Wildman–Crippen MR) is 157 cm³/mol. The molecule has 5 heteroatoms. The SMILES string of the molecule is CCCCCCCCCCCOc1ccc(C=C(C#N)c2ccc(OC(C)C)c(OC(C)C)c2)cc1OC. The Hall–Kier alpha value is -3.13. The van der Waals surface area contributed by atoms with E-state index < -0.39 is 0 Å². The van der Waals surface area contributed by atoms with Crippen LogP contribution in [-0.2, 0) is 0 Å². The second kappa shape index (κ2) is 17.4. The molecule has 2 aromatic rings. The lowest BCUT2D eigenvalue weighted by atomic mass is 10.0. The molecule has 0 atom stereocenters. The van der Waals surface area contributed by atoms with E-state index in [4.69, 9.17) is 18.9 Å². The molecule has 0 aromatic heterocycles. The van der Waals surface area contributed by atoms with Crippen LogP contribution in [-0.4, -0.2) is 25.9 Å². The molecule has 5 nitrogen and oxygen atoms in total. The van der Waals surface area contributed by atoms with Gasteiger partial charge in [-0.3, -0.25) is 0 Å². The summed E-state index contributed by atoms with van der Waals surface area (Å²) in [7, 11) is 1.64. The minimum Gasteiger partial charge on any atom is -0.493 e. The fourth-order valence-corrected chi connectivity index (χ4v) is 4.21. The van der Waals surface area contributed by atoms with Gasteiger partial charge in [-0.15, -0.1) is 0 Å². The van der Waals surface area contributed by atoms with Crippen LogP contribution in [0.5, 0.6) is 23.0 Å². The topological polar surface area (TPSA) is 60.7 Å². The fourth-order valence-electron chi connectivity index (χ4n) is 4.21. The normalized spacial score (nSPS) is 11.5. The molecule has 0 aliphatic heterocycles. The number of allylic oxidation sites excluding steroid dienone is 1. The van der Waals surface area contributed by atoms with E-state index in [0.29, 0.717) is 29.4 Å². The van der Waals surface area contributed by atoms with Crippen molar-refractivity contribution in [3.05, 3.63) is 47.5 Å².